The largest absolute Gasteiger partial charge is 0.487 e. The molecule has 198 valence electrons. The van der Waals surface area contributed by atoms with Crippen LogP contribution in [0.25, 0.3) is 6.08 Å². The summed E-state index contributed by atoms with van der Waals surface area (Å²) in [6.07, 6.45) is 3.48. The Morgan fingerprint density at radius 3 is 2.45 bits per heavy atom. The zero-order valence-corrected chi connectivity index (χ0v) is 25.4. The predicted octanol–water partition coefficient (Wildman–Crippen LogP) is 4.95. The van der Waals surface area contributed by atoms with Crippen molar-refractivity contribution >= 4 is 60.9 Å². The average Bonchev–Trinajstić information content (AvgIpc) is 3.17. The van der Waals surface area contributed by atoms with Gasteiger partial charge in [-0.15, -0.1) is 0 Å². The van der Waals surface area contributed by atoms with Gasteiger partial charge in [-0.05, 0) is 87.2 Å². The van der Waals surface area contributed by atoms with Gasteiger partial charge in [0.25, 0.3) is 5.56 Å². The Labute approximate surface area is 241 Å². The average molecular weight is 661 g/mol. The first-order valence-corrected chi connectivity index (χ1v) is 14.3. The first-order chi connectivity index (χ1) is 18.2. The van der Waals surface area contributed by atoms with Gasteiger partial charge in [0.05, 0.1) is 37.4 Å². The fraction of sp³-hybridized carbons (Fsp3) is 0.250. The number of hydrogen-bond donors (Lipinski definition) is 0. The highest BCUT2D eigenvalue weighted by molar-refractivity contribution is 9.11. The molecular formula is C28H27Br2N3O4S. The van der Waals surface area contributed by atoms with Crippen LogP contribution in [0.4, 0.5) is 5.69 Å². The van der Waals surface area contributed by atoms with E-state index in [1.54, 1.807) is 24.5 Å². The van der Waals surface area contributed by atoms with Crippen molar-refractivity contribution in [1.82, 2.24) is 4.57 Å². The number of carbonyl (C=O) groups excluding carboxylic acids is 1. The zero-order valence-electron chi connectivity index (χ0n) is 21.5. The smallest absolute Gasteiger partial charge is 0.338 e. The van der Waals surface area contributed by atoms with Crippen molar-refractivity contribution in [2.75, 3.05) is 32.2 Å². The normalized spacial score (nSPS) is 15.1. The summed E-state index contributed by atoms with van der Waals surface area (Å²) in [5, 5.41) is 0. The molecule has 0 N–H and O–H groups in total. The van der Waals surface area contributed by atoms with E-state index in [0.29, 0.717) is 33.0 Å². The highest BCUT2D eigenvalue weighted by Gasteiger charge is 2.33. The molecular weight excluding hydrogens is 634 g/mol. The van der Waals surface area contributed by atoms with Crippen LogP contribution in [-0.2, 0) is 9.53 Å². The molecule has 1 aromatic heterocycles. The molecule has 10 heteroatoms. The number of ether oxygens (including phenoxy) is 2. The first-order valence-electron chi connectivity index (χ1n) is 11.9. The molecule has 0 unspecified atom stereocenters. The van der Waals surface area contributed by atoms with Crippen molar-refractivity contribution in [1.29, 1.82) is 0 Å². The van der Waals surface area contributed by atoms with E-state index in [1.807, 2.05) is 61.5 Å². The van der Waals surface area contributed by atoms with Gasteiger partial charge >= 0.3 is 5.97 Å². The zero-order chi connectivity index (χ0) is 27.6. The molecule has 2 heterocycles. The minimum absolute atomic E-state index is 0.225. The molecule has 4 rings (SSSR count). The Morgan fingerprint density at radius 1 is 1.21 bits per heavy atom. The third kappa shape index (κ3) is 5.57. The van der Waals surface area contributed by atoms with Crippen molar-refractivity contribution in [2.45, 2.75) is 19.9 Å². The molecule has 7 nitrogen and oxygen atoms in total. The summed E-state index contributed by atoms with van der Waals surface area (Å²) in [5.41, 5.74) is 3.27. The van der Waals surface area contributed by atoms with Gasteiger partial charge < -0.3 is 14.4 Å². The highest BCUT2D eigenvalue weighted by atomic mass is 79.9. The number of aromatic nitrogens is 1. The van der Waals surface area contributed by atoms with Crippen molar-refractivity contribution in [3.05, 3.63) is 100 Å². The van der Waals surface area contributed by atoms with Gasteiger partial charge in [0, 0.05) is 19.8 Å². The lowest BCUT2D eigenvalue weighted by Gasteiger charge is -2.25. The van der Waals surface area contributed by atoms with E-state index < -0.39 is 12.0 Å². The maximum Gasteiger partial charge on any atom is 0.338 e. The summed E-state index contributed by atoms with van der Waals surface area (Å²) in [6.45, 7) is 7.81. The predicted molar refractivity (Wildman–Crippen MR) is 159 cm³/mol. The summed E-state index contributed by atoms with van der Waals surface area (Å²) < 4.78 is 14.7. The van der Waals surface area contributed by atoms with E-state index in [2.05, 4.69) is 43.4 Å². The van der Waals surface area contributed by atoms with Crippen LogP contribution in [0.15, 0.2) is 79.1 Å². The van der Waals surface area contributed by atoms with Gasteiger partial charge in [-0.3, -0.25) is 9.36 Å². The van der Waals surface area contributed by atoms with Crippen molar-refractivity contribution in [3.8, 4) is 5.75 Å². The number of hydrogen-bond acceptors (Lipinski definition) is 7. The lowest BCUT2D eigenvalue weighted by Crippen LogP contribution is -2.39. The van der Waals surface area contributed by atoms with E-state index in [0.717, 1.165) is 25.8 Å². The molecule has 0 radical (unpaired) electrons. The lowest BCUT2D eigenvalue weighted by atomic mass is 9.95. The summed E-state index contributed by atoms with van der Waals surface area (Å²) in [4.78, 5) is 34.1. The number of benzene rings is 2. The number of nitrogens with zero attached hydrogens (tertiary/aromatic N) is 3. The monoisotopic (exact) mass is 659 g/mol. The molecule has 0 spiro atoms. The van der Waals surface area contributed by atoms with Crippen LogP contribution in [-0.4, -0.2) is 37.8 Å². The number of rotatable bonds is 8. The molecule has 0 fully saturated rings. The number of allylic oxidation sites excluding steroid dienone is 1. The molecule has 3 aromatic rings. The van der Waals surface area contributed by atoms with E-state index in [1.165, 1.54) is 11.3 Å². The topological polar surface area (TPSA) is 73.1 Å². The fourth-order valence-corrected chi connectivity index (χ4v) is 6.65. The van der Waals surface area contributed by atoms with Crippen LogP contribution in [0, 0.1) is 0 Å². The Hall–Kier alpha value is -2.95. The molecule has 1 aliphatic rings. The molecule has 0 saturated carbocycles. The quantitative estimate of drug-likeness (QED) is 0.253. The summed E-state index contributed by atoms with van der Waals surface area (Å²) in [7, 11) is 3.92. The first kappa shape index (κ1) is 28.1. The number of thiazole rings is 1. The summed E-state index contributed by atoms with van der Waals surface area (Å²) in [6, 6.07) is 10.9. The molecule has 0 saturated heterocycles. The lowest BCUT2D eigenvalue weighted by molar-refractivity contribution is -0.139. The third-order valence-corrected chi connectivity index (χ3v) is 8.07. The van der Waals surface area contributed by atoms with E-state index in [4.69, 9.17) is 9.47 Å². The van der Waals surface area contributed by atoms with Gasteiger partial charge in [-0.2, -0.15) is 0 Å². The van der Waals surface area contributed by atoms with Crippen LogP contribution in [0.2, 0.25) is 0 Å². The molecule has 0 aliphatic carbocycles. The van der Waals surface area contributed by atoms with Crippen molar-refractivity contribution in [3.63, 3.8) is 0 Å². The minimum Gasteiger partial charge on any atom is -0.487 e. The van der Waals surface area contributed by atoms with Crippen molar-refractivity contribution in [2.24, 2.45) is 4.99 Å². The van der Waals surface area contributed by atoms with Gasteiger partial charge in [0.2, 0.25) is 0 Å². The van der Waals surface area contributed by atoms with Crippen LogP contribution < -0.4 is 24.5 Å². The molecule has 38 heavy (non-hydrogen) atoms. The standard InChI is InChI=1S/C28H27Br2N3O4S/c1-6-12-37-25-20(29)13-17(14-21(25)30)15-22-26(34)33-24(18-8-10-19(11-9-18)32(4)5)23(27(35)36-7-2)16(3)31-28(33)38-22/h6,8-11,13-15,24H,1,7,12H2,2-5H3/b22-15-/t24-/m1/s1. The maximum atomic E-state index is 13.8. The van der Waals surface area contributed by atoms with Gasteiger partial charge in [-0.25, -0.2) is 9.79 Å². The van der Waals surface area contributed by atoms with Gasteiger partial charge in [0.1, 0.15) is 12.4 Å². The van der Waals surface area contributed by atoms with Crippen molar-refractivity contribution < 1.29 is 14.3 Å². The summed E-state index contributed by atoms with van der Waals surface area (Å²) in [5.74, 6) is 0.173. The fourth-order valence-electron chi connectivity index (χ4n) is 4.16. The van der Waals surface area contributed by atoms with Crippen LogP contribution in [0.5, 0.6) is 5.75 Å². The Balaban J connectivity index is 1.88. The Bertz CT molecular complexity index is 1580. The number of halogens is 2. The molecule has 1 aliphatic heterocycles. The molecule has 2 aromatic carbocycles. The van der Waals surface area contributed by atoms with E-state index in [-0.39, 0.29) is 12.2 Å². The second-order valence-electron chi connectivity index (χ2n) is 8.70. The molecule has 0 amide bonds. The minimum atomic E-state index is -0.656. The molecule has 0 bridgehead atoms. The number of anilines is 1. The molecule has 1 atom stereocenters. The highest BCUT2D eigenvalue weighted by Crippen LogP contribution is 2.35. The van der Waals surface area contributed by atoms with Gasteiger partial charge in [-0.1, -0.05) is 36.1 Å². The number of fused-ring (bicyclic) bond motifs is 1. The van der Waals surface area contributed by atoms with Crippen LogP contribution >= 0.6 is 43.2 Å². The second-order valence-corrected chi connectivity index (χ2v) is 11.4. The third-order valence-electron chi connectivity index (χ3n) is 5.91. The Morgan fingerprint density at radius 2 is 1.87 bits per heavy atom. The van der Waals surface area contributed by atoms with Gasteiger partial charge in [0.15, 0.2) is 4.80 Å². The Kier molecular flexibility index (Phi) is 8.74. The van der Waals surface area contributed by atoms with Crippen LogP contribution in [0.1, 0.15) is 31.0 Å². The summed E-state index contributed by atoms with van der Waals surface area (Å²) >= 11 is 8.38. The SMILES string of the molecule is C=CCOc1c(Br)cc(/C=c2\sc3n(c2=O)[C@H](c2ccc(N(C)C)cc2)C(C(=O)OCC)=C(C)N=3)cc1Br. The number of carbonyl (C=O) groups is 1. The second kappa shape index (κ2) is 11.8. The van der Waals surface area contributed by atoms with Crippen LogP contribution in [0.3, 0.4) is 0 Å². The van der Waals surface area contributed by atoms with E-state index in [9.17, 15) is 9.59 Å². The number of esters is 1. The van der Waals surface area contributed by atoms with E-state index >= 15 is 0 Å². The maximum absolute atomic E-state index is 13.8.